The zero-order chi connectivity index (χ0) is 18.0. The van der Waals surface area contributed by atoms with Crippen molar-refractivity contribution < 1.29 is 13.9 Å². The van der Waals surface area contributed by atoms with Gasteiger partial charge in [0.25, 0.3) is 5.91 Å². The van der Waals surface area contributed by atoms with Crippen molar-refractivity contribution in [1.29, 1.82) is 0 Å². The number of carbonyl (C=O) groups is 1. The lowest BCUT2D eigenvalue weighted by atomic mass is 10.1. The number of hydrogen-bond acceptors (Lipinski definition) is 4. The number of amides is 1. The topological polar surface area (TPSA) is 45.7 Å². The highest BCUT2D eigenvalue weighted by Crippen LogP contribution is 2.24. The SMILES string of the molecule is COc1cc(C)cnc1C(=O)N1CCN(c2cccc(F)c2)CC1C. The summed E-state index contributed by atoms with van der Waals surface area (Å²) in [6.07, 6.45) is 1.67. The van der Waals surface area contributed by atoms with E-state index < -0.39 is 0 Å². The van der Waals surface area contributed by atoms with E-state index >= 15 is 0 Å². The number of methoxy groups -OCH3 is 1. The summed E-state index contributed by atoms with van der Waals surface area (Å²) in [5.41, 5.74) is 2.11. The Balaban J connectivity index is 1.76. The minimum absolute atomic E-state index is 0.0164. The van der Waals surface area contributed by atoms with Crippen LogP contribution in [-0.4, -0.2) is 48.6 Å². The van der Waals surface area contributed by atoms with E-state index in [1.807, 2.05) is 26.0 Å². The molecule has 25 heavy (non-hydrogen) atoms. The summed E-state index contributed by atoms with van der Waals surface area (Å²) < 4.78 is 18.8. The Hall–Kier alpha value is -2.63. The highest BCUT2D eigenvalue weighted by molar-refractivity contribution is 5.95. The van der Waals surface area contributed by atoms with Crippen LogP contribution in [-0.2, 0) is 0 Å². The molecule has 2 aromatic rings. The molecule has 3 rings (SSSR count). The quantitative estimate of drug-likeness (QED) is 0.860. The molecular formula is C19H22FN3O2. The van der Waals surface area contributed by atoms with Crippen LogP contribution in [0.2, 0.25) is 0 Å². The second-order valence-electron chi connectivity index (χ2n) is 6.34. The average molecular weight is 343 g/mol. The molecule has 1 aliphatic heterocycles. The van der Waals surface area contributed by atoms with E-state index in [0.717, 1.165) is 11.3 Å². The summed E-state index contributed by atoms with van der Waals surface area (Å²) in [6.45, 7) is 5.74. The highest BCUT2D eigenvalue weighted by atomic mass is 19.1. The van der Waals surface area contributed by atoms with Crippen molar-refractivity contribution in [3.8, 4) is 5.75 Å². The fourth-order valence-corrected chi connectivity index (χ4v) is 3.16. The molecule has 1 amide bonds. The first-order valence-corrected chi connectivity index (χ1v) is 8.31. The number of aryl methyl sites for hydroxylation is 1. The van der Waals surface area contributed by atoms with Crippen molar-refractivity contribution in [1.82, 2.24) is 9.88 Å². The van der Waals surface area contributed by atoms with Gasteiger partial charge in [-0.05, 0) is 43.7 Å². The molecule has 132 valence electrons. The Labute approximate surface area is 147 Å². The van der Waals surface area contributed by atoms with Gasteiger partial charge >= 0.3 is 0 Å². The summed E-state index contributed by atoms with van der Waals surface area (Å²) >= 11 is 0. The van der Waals surface area contributed by atoms with E-state index in [1.165, 1.54) is 12.1 Å². The number of aromatic nitrogens is 1. The van der Waals surface area contributed by atoms with Gasteiger partial charge in [-0.25, -0.2) is 9.37 Å². The van der Waals surface area contributed by atoms with Crippen molar-refractivity contribution in [2.75, 3.05) is 31.6 Å². The fraction of sp³-hybridized carbons (Fsp3) is 0.368. The molecule has 5 nitrogen and oxygen atoms in total. The maximum atomic E-state index is 13.4. The van der Waals surface area contributed by atoms with Crippen molar-refractivity contribution in [2.45, 2.75) is 19.9 Å². The van der Waals surface area contributed by atoms with Gasteiger partial charge in [-0.3, -0.25) is 4.79 Å². The Kier molecular flexibility index (Phi) is 4.88. The van der Waals surface area contributed by atoms with Gasteiger partial charge in [0.2, 0.25) is 0 Å². The molecule has 6 heteroatoms. The van der Waals surface area contributed by atoms with E-state index in [0.29, 0.717) is 31.1 Å². The van der Waals surface area contributed by atoms with Gasteiger partial charge in [-0.2, -0.15) is 0 Å². The molecule has 0 N–H and O–H groups in total. The van der Waals surface area contributed by atoms with Gasteiger partial charge in [-0.1, -0.05) is 6.07 Å². The maximum absolute atomic E-state index is 13.4. The smallest absolute Gasteiger partial charge is 0.276 e. The number of benzene rings is 1. The van der Waals surface area contributed by atoms with E-state index in [-0.39, 0.29) is 17.8 Å². The number of nitrogens with zero attached hydrogens (tertiary/aromatic N) is 3. The standard InChI is InChI=1S/C19H22FN3O2/c1-13-9-17(25-3)18(21-11-13)19(24)23-8-7-22(12-14(23)2)16-6-4-5-15(20)10-16/h4-6,9-11,14H,7-8,12H2,1-3H3. The molecule has 1 atom stereocenters. The maximum Gasteiger partial charge on any atom is 0.276 e. The van der Waals surface area contributed by atoms with Gasteiger partial charge in [0, 0.05) is 37.6 Å². The van der Waals surface area contributed by atoms with Gasteiger partial charge in [-0.15, -0.1) is 0 Å². The molecule has 1 aromatic heterocycles. The van der Waals surface area contributed by atoms with Crippen LogP contribution in [0.15, 0.2) is 36.5 Å². The Morgan fingerprint density at radius 3 is 2.80 bits per heavy atom. The number of anilines is 1. The third-order valence-electron chi connectivity index (χ3n) is 4.47. The number of carbonyl (C=O) groups excluding carboxylic acids is 1. The Morgan fingerprint density at radius 1 is 1.32 bits per heavy atom. The first kappa shape index (κ1) is 17.2. The monoisotopic (exact) mass is 343 g/mol. The lowest BCUT2D eigenvalue weighted by Gasteiger charge is -2.41. The predicted molar refractivity (Wildman–Crippen MR) is 94.6 cm³/mol. The number of piperazine rings is 1. The summed E-state index contributed by atoms with van der Waals surface area (Å²) in [6, 6.07) is 8.34. The number of pyridine rings is 1. The van der Waals surface area contributed by atoms with Crippen molar-refractivity contribution in [3.05, 3.63) is 53.6 Å². The Bertz CT molecular complexity index is 781. The minimum Gasteiger partial charge on any atom is -0.494 e. The third-order valence-corrected chi connectivity index (χ3v) is 4.47. The number of ether oxygens (including phenoxy) is 1. The molecule has 0 spiro atoms. The average Bonchev–Trinajstić information content (AvgIpc) is 2.61. The summed E-state index contributed by atoms with van der Waals surface area (Å²) in [4.78, 5) is 21.1. The minimum atomic E-state index is -0.253. The fourth-order valence-electron chi connectivity index (χ4n) is 3.16. The van der Waals surface area contributed by atoms with E-state index in [2.05, 4.69) is 9.88 Å². The Morgan fingerprint density at radius 2 is 2.12 bits per heavy atom. The van der Waals surface area contributed by atoms with Crippen LogP contribution >= 0.6 is 0 Å². The van der Waals surface area contributed by atoms with Crippen LogP contribution in [0.1, 0.15) is 23.0 Å². The first-order chi connectivity index (χ1) is 12.0. The van der Waals surface area contributed by atoms with Crippen LogP contribution in [0, 0.1) is 12.7 Å². The van der Waals surface area contributed by atoms with E-state index in [4.69, 9.17) is 4.74 Å². The zero-order valence-corrected chi connectivity index (χ0v) is 14.7. The molecule has 1 aromatic carbocycles. The summed E-state index contributed by atoms with van der Waals surface area (Å²) in [7, 11) is 1.54. The van der Waals surface area contributed by atoms with Crippen molar-refractivity contribution >= 4 is 11.6 Å². The van der Waals surface area contributed by atoms with Gasteiger partial charge < -0.3 is 14.5 Å². The van der Waals surface area contributed by atoms with Gasteiger partial charge in [0.05, 0.1) is 7.11 Å². The molecule has 0 aliphatic carbocycles. The van der Waals surface area contributed by atoms with Gasteiger partial charge in [0.15, 0.2) is 5.69 Å². The largest absolute Gasteiger partial charge is 0.494 e. The lowest BCUT2D eigenvalue weighted by molar-refractivity contribution is 0.0664. The molecular weight excluding hydrogens is 321 g/mol. The molecule has 1 fully saturated rings. The summed E-state index contributed by atoms with van der Waals surface area (Å²) in [5, 5.41) is 0. The van der Waals surface area contributed by atoms with Crippen LogP contribution < -0.4 is 9.64 Å². The van der Waals surface area contributed by atoms with Crippen molar-refractivity contribution in [3.63, 3.8) is 0 Å². The van der Waals surface area contributed by atoms with Crippen LogP contribution in [0.4, 0.5) is 10.1 Å². The van der Waals surface area contributed by atoms with E-state index in [1.54, 1.807) is 24.3 Å². The molecule has 1 aliphatic rings. The third kappa shape index (κ3) is 3.57. The number of rotatable bonds is 3. The predicted octanol–water partition coefficient (Wildman–Crippen LogP) is 2.89. The molecule has 1 unspecified atom stereocenters. The number of halogens is 1. The lowest BCUT2D eigenvalue weighted by Crippen LogP contribution is -2.54. The van der Waals surface area contributed by atoms with Crippen LogP contribution in [0.25, 0.3) is 0 Å². The highest BCUT2D eigenvalue weighted by Gasteiger charge is 2.30. The molecule has 0 radical (unpaired) electrons. The normalized spacial score (nSPS) is 17.5. The summed E-state index contributed by atoms with van der Waals surface area (Å²) in [5.74, 6) is 0.102. The van der Waals surface area contributed by atoms with Crippen LogP contribution in [0.5, 0.6) is 5.75 Å². The first-order valence-electron chi connectivity index (χ1n) is 8.31. The van der Waals surface area contributed by atoms with E-state index in [9.17, 15) is 9.18 Å². The molecule has 0 saturated carbocycles. The van der Waals surface area contributed by atoms with Gasteiger partial charge in [0.1, 0.15) is 11.6 Å². The zero-order valence-electron chi connectivity index (χ0n) is 14.7. The molecule has 2 heterocycles. The van der Waals surface area contributed by atoms with Crippen LogP contribution in [0.3, 0.4) is 0 Å². The second-order valence-corrected chi connectivity index (χ2v) is 6.34. The molecule has 0 bridgehead atoms. The second kappa shape index (κ2) is 7.09. The number of hydrogen-bond donors (Lipinski definition) is 0. The van der Waals surface area contributed by atoms with Crippen molar-refractivity contribution in [2.24, 2.45) is 0 Å². The molecule has 1 saturated heterocycles.